The number of carbonyl (C=O) groups excluding carboxylic acids is 3. The fourth-order valence-electron chi connectivity index (χ4n) is 5.87. The number of nitrogens with zero attached hydrogens (tertiary/aromatic N) is 5. The highest BCUT2D eigenvalue weighted by molar-refractivity contribution is 7.89. The molecular weight excluding hydrogens is 695 g/mol. The number of benzene rings is 2. The van der Waals surface area contributed by atoms with Gasteiger partial charge in [0.2, 0.25) is 21.8 Å². The summed E-state index contributed by atoms with van der Waals surface area (Å²) in [6.45, 7) is 0.573. The number of nitrogens with one attached hydrogen (secondary N) is 1. The highest BCUT2D eigenvalue weighted by Crippen LogP contribution is 2.37. The van der Waals surface area contributed by atoms with Crippen LogP contribution in [0.5, 0.6) is 5.75 Å². The van der Waals surface area contributed by atoms with Crippen molar-refractivity contribution in [2.45, 2.75) is 36.5 Å². The zero-order valence-corrected chi connectivity index (χ0v) is 27.9. The standard InChI is InChI=1S/C33H32F3N7O7S/c1-41-18-26(39-19-41)25-15-23(51(37,47)48)4-6-27(25)42(29-8-2-21(16-38-29)33(34,35)36)10-11-49-12-13-50-22-3-5-24-20(14-22)17-43(32(24)46)28-7-9-30(44)40-31(28)45/h2-6,8,14-16,18-19,28H,7,9-13,17H2,1H3,(H2,37,47,48)(H,40,44,45)/t28-/m0/s1. The van der Waals surface area contributed by atoms with E-state index in [-0.39, 0.29) is 68.3 Å². The van der Waals surface area contributed by atoms with Crippen LogP contribution in [0.15, 0.2) is 72.1 Å². The van der Waals surface area contributed by atoms with Gasteiger partial charge in [0.1, 0.15) is 24.2 Å². The van der Waals surface area contributed by atoms with Crippen molar-refractivity contribution < 1.29 is 45.4 Å². The molecule has 0 radical (unpaired) electrons. The number of imidazole rings is 1. The summed E-state index contributed by atoms with van der Waals surface area (Å²) < 4.78 is 77.7. The van der Waals surface area contributed by atoms with Crippen LogP contribution in [-0.4, -0.2) is 78.0 Å². The van der Waals surface area contributed by atoms with Crippen LogP contribution in [0, 0.1) is 0 Å². The van der Waals surface area contributed by atoms with Crippen LogP contribution in [0.1, 0.15) is 34.3 Å². The smallest absolute Gasteiger partial charge is 0.417 e. The summed E-state index contributed by atoms with van der Waals surface area (Å²) >= 11 is 0. The zero-order valence-electron chi connectivity index (χ0n) is 27.1. The highest BCUT2D eigenvalue weighted by atomic mass is 32.2. The van der Waals surface area contributed by atoms with Gasteiger partial charge in [0, 0.05) is 50.1 Å². The molecular formula is C33H32F3N7O7S. The number of primary sulfonamides is 1. The average Bonchev–Trinajstić information content (AvgIpc) is 3.65. The normalized spacial score (nSPS) is 16.3. The SMILES string of the molecule is Cn1cnc(-c2cc(S(N)(=O)=O)ccc2N(CCOCCOc2ccc3c(c2)CN([C@H]2CCC(=O)NC2=O)C3=O)c2ccc(C(F)(F)F)cn2)c1. The predicted octanol–water partition coefficient (Wildman–Crippen LogP) is 3.14. The van der Waals surface area contributed by atoms with Crippen LogP contribution >= 0.6 is 0 Å². The Balaban J connectivity index is 1.13. The Bertz CT molecular complexity index is 2090. The second-order valence-corrected chi connectivity index (χ2v) is 13.4. The van der Waals surface area contributed by atoms with Crippen molar-refractivity contribution >= 4 is 39.3 Å². The molecule has 3 N–H and O–H groups in total. The third-order valence-electron chi connectivity index (χ3n) is 8.37. The van der Waals surface area contributed by atoms with E-state index in [0.717, 1.165) is 6.07 Å². The van der Waals surface area contributed by atoms with Crippen molar-refractivity contribution in [2.24, 2.45) is 12.2 Å². The van der Waals surface area contributed by atoms with Crippen molar-refractivity contribution in [3.05, 3.63) is 83.9 Å². The number of alkyl halides is 3. The number of aryl methyl sites for hydroxylation is 1. The Labute approximate surface area is 290 Å². The molecule has 2 aliphatic rings. The van der Waals surface area contributed by atoms with E-state index in [9.17, 15) is 36.0 Å². The number of nitrogens with two attached hydrogens (primary N) is 1. The molecule has 14 nitrogen and oxygen atoms in total. The molecule has 1 atom stereocenters. The number of ether oxygens (including phenoxy) is 2. The number of sulfonamides is 1. The molecule has 6 rings (SSSR count). The van der Waals surface area contributed by atoms with Gasteiger partial charge in [-0.1, -0.05) is 0 Å². The molecule has 51 heavy (non-hydrogen) atoms. The number of anilines is 2. The lowest BCUT2D eigenvalue weighted by atomic mass is 10.0. The molecule has 2 aromatic carbocycles. The number of hydrogen-bond acceptors (Lipinski definition) is 10. The molecule has 18 heteroatoms. The predicted molar refractivity (Wildman–Crippen MR) is 175 cm³/mol. The minimum absolute atomic E-state index is 0.0598. The number of fused-ring (bicyclic) bond motifs is 1. The maximum absolute atomic E-state index is 13.3. The molecule has 0 spiro atoms. The van der Waals surface area contributed by atoms with E-state index in [2.05, 4.69) is 15.3 Å². The van der Waals surface area contributed by atoms with Gasteiger partial charge >= 0.3 is 6.18 Å². The van der Waals surface area contributed by atoms with Crippen LogP contribution in [0.25, 0.3) is 11.3 Å². The van der Waals surface area contributed by atoms with Gasteiger partial charge in [-0.3, -0.25) is 19.7 Å². The Morgan fingerprint density at radius 2 is 1.82 bits per heavy atom. The number of halogens is 3. The Kier molecular flexibility index (Phi) is 9.83. The maximum atomic E-state index is 13.3. The largest absolute Gasteiger partial charge is 0.491 e. The van der Waals surface area contributed by atoms with Gasteiger partial charge in [-0.15, -0.1) is 0 Å². The minimum atomic E-state index is -4.60. The minimum Gasteiger partial charge on any atom is -0.491 e. The van der Waals surface area contributed by atoms with E-state index in [1.165, 1.54) is 35.5 Å². The number of imide groups is 1. The first-order valence-corrected chi connectivity index (χ1v) is 17.2. The fraction of sp³-hybridized carbons (Fsp3) is 0.303. The molecule has 4 heterocycles. The van der Waals surface area contributed by atoms with Gasteiger partial charge in [-0.2, -0.15) is 13.2 Å². The van der Waals surface area contributed by atoms with E-state index >= 15 is 0 Å². The molecule has 3 amide bonds. The number of hydrogen-bond donors (Lipinski definition) is 2. The lowest BCUT2D eigenvalue weighted by Crippen LogP contribution is -2.52. The van der Waals surface area contributed by atoms with Gasteiger partial charge in [-0.05, 0) is 60.5 Å². The summed E-state index contributed by atoms with van der Waals surface area (Å²) in [6.07, 6.45) is -0.316. The number of carbonyl (C=O) groups is 3. The Morgan fingerprint density at radius 1 is 1.02 bits per heavy atom. The molecule has 0 saturated carbocycles. The third kappa shape index (κ3) is 7.87. The molecule has 0 aliphatic carbocycles. The van der Waals surface area contributed by atoms with Crippen molar-refractivity contribution in [3.63, 3.8) is 0 Å². The summed E-state index contributed by atoms with van der Waals surface area (Å²) in [5.41, 5.74) is 1.32. The molecule has 1 saturated heterocycles. The second kappa shape index (κ2) is 14.1. The second-order valence-electron chi connectivity index (χ2n) is 11.9. The lowest BCUT2D eigenvalue weighted by molar-refractivity contribution is -0.138. The number of piperidine rings is 1. The third-order valence-corrected chi connectivity index (χ3v) is 9.28. The molecule has 4 aromatic rings. The van der Waals surface area contributed by atoms with Crippen molar-refractivity contribution in [1.82, 2.24) is 24.8 Å². The van der Waals surface area contributed by atoms with Gasteiger partial charge < -0.3 is 23.8 Å². The number of amides is 3. The van der Waals surface area contributed by atoms with E-state index in [0.29, 0.717) is 40.0 Å². The van der Waals surface area contributed by atoms with Crippen LogP contribution in [0.4, 0.5) is 24.7 Å². The van der Waals surface area contributed by atoms with Crippen LogP contribution in [-0.2, 0) is 44.1 Å². The lowest BCUT2D eigenvalue weighted by Gasteiger charge is -2.29. The first-order chi connectivity index (χ1) is 24.2. The number of aromatic nitrogens is 3. The van der Waals surface area contributed by atoms with Crippen LogP contribution in [0.3, 0.4) is 0 Å². The van der Waals surface area contributed by atoms with Gasteiger partial charge in [0.05, 0.1) is 41.4 Å². The van der Waals surface area contributed by atoms with E-state index in [1.807, 2.05) is 0 Å². The molecule has 0 bridgehead atoms. The van der Waals surface area contributed by atoms with Crippen molar-refractivity contribution in [2.75, 3.05) is 31.3 Å². The first kappa shape index (κ1) is 35.5. The average molecular weight is 728 g/mol. The maximum Gasteiger partial charge on any atom is 0.417 e. The van der Waals surface area contributed by atoms with E-state index in [1.54, 1.807) is 40.9 Å². The van der Waals surface area contributed by atoms with Crippen LogP contribution < -0.4 is 20.1 Å². The highest BCUT2D eigenvalue weighted by Gasteiger charge is 2.39. The quantitative estimate of drug-likeness (QED) is 0.163. The van der Waals surface area contributed by atoms with Gasteiger partial charge in [0.15, 0.2) is 0 Å². The Hall–Kier alpha value is -5.33. The number of rotatable bonds is 12. The van der Waals surface area contributed by atoms with E-state index in [4.69, 9.17) is 14.6 Å². The molecule has 268 valence electrons. The Morgan fingerprint density at radius 3 is 2.49 bits per heavy atom. The molecule has 2 aliphatic heterocycles. The summed E-state index contributed by atoms with van der Waals surface area (Å²) in [7, 11) is -2.38. The van der Waals surface area contributed by atoms with Gasteiger partial charge in [-0.25, -0.2) is 23.5 Å². The topological polar surface area (TPSA) is 179 Å². The molecule has 2 aromatic heterocycles. The number of pyridine rings is 1. The fourth-order valence-corrected chi connectivity index (χ4v) is 6.41. The zero-order chi connectivity index (χ0) is 36.5. The van der Waals surface area contributed by atoms with E-state index < -0.39 is 33.7 Å². The summed E-state index contributed by atoms with van der Waals surface area (Å²) in [4.78, 5) is 48.1. The van der Waals surface area contributed by atoms with Gasteiger partial charge in [0.25, 0.3) is 5.91 Å². The molecule has 0 unspecified atom stereocenters. The van der Waals surface area contributed by atoms with Crippen LogP contribution in [0.2, 0.25) is 0 Å². The summed E-state index contributed by atoms with van der Waals surface area (Å²) in [5.74, 6) is -0.548. The monoisotopic (exact) mass is 727 g/mol. The summed E-state index contributed by atoms with van der Waals surface area (Å²) in [5, 5.41) is 7.66. The first-order valence-electron chi connectivity index (χ1n) is 15.6. The molecule has 1 fully saturated rings. The summed E-state index contributed by atoms with van der Waals surface area (Å²) in [6, 6.07) is 10.4. The van der Waals surface area contributed by atoms with Crippen molar-refractivity contribution in [1.29, 1.82) is 0 Å². The van der Waals surface area contributed by atoms with Crippen molar-refractivity contribution in [3.8, 4) is 17.0 Å².